The van der Waals surface area contributed by atoms with Crippen molar-refractivity contribution in [3.63, 3.8) is 0 Å². The lowest BCUT2D eigenvalue weighted by Crippen LogP contribution is -2.14. The van der Waals surface area contributed by atoms with Crippen molar-refractivity contribution in [3.05, 3.63) is 24.2 Å². The molecule has 14 heavy (non-hydrogen) atoms. The predicted octanol–water partition coefficient (Wildman–Crippen LogP) is 2.46. The van der Waals surface area contributed by atoms with Crippen molar-refractivity contribution >= 4 is 17.7 Å². The minimum Gasteiger partial charge on any atom is -0.468 e. The molecular weight excluding hydrogens is 200 g/mol. The molecule has 0 saturated heterocycles. The number of esters is 1. The Balaban J connectivity index is 2.12. The Hall–Kier alpha value is -0.900. The quantitative estimate of drug-likeness (QED) is 0.706. The van der Waals surface area contributed by atoms with Crippen molar-refractivity contribution < 1.29 is 13.9 Å². The van der Waals surface area contributed by atoms with E-state index in [0.717, 1.165) is 17.3 Å². The van der Waals surface area contributed by atoms with Crippen LogP contribution in [0.5, 0.6) is 0 Å². The van der Waals surface area contributed by atoms with Crippen LogP contribution in [0.2, 0.25) is 0 Å². The first-order valence-corrected chi connectivity index (χ1v) is 5.61. The summed E-state index contributed by atoms with van der Waals surface area (Å²) in [4.78, 5) is 10.6. The summed E-state index contributed by atoms with van der Waals surface area (Å²) >= 11 is 1.69. The number of furan rings is 1. The van der Waals surface area contributed by atoms with Crippen molar-refractivity contribution in [2.45, 2.75) is 25.7 Å². The van der Waals surface area contributed by atoms with Crippen LogP contribution in [0, 0.1) is 0 Å². The zero-order valence-corrected chi connectivity index (χ0v) is 9.17. The molecule has 1 rings (SSSR count). The number of hydrogen-bond donors (Lipinski definition) is 0. The number of rotatable bonds is 5. The zero-order valence-electron chi connectivity index (χ0n) is 8.36. The van der Waals surface area contributed by atoms with Crippen LogP contribution < -0.4 is 0 Å². The van der Waals surface area contributed by atoms with Gasteiger partial charge in [-0.25, -0.2) is 0 Å². The highest BCUT2D eigenvalue weighted by atomic mass is 32.2. The monoisotopic (exact) mass is 214 g/mol. The van der Waals surface area contributed by atoms with Crippen molar-refractivity contribution in [2.75, 3.05) is 5.75 Å². The summed E-state index contributed by atoms with van der Waals surface area (Å²) in [7, 11) is 0. The first kappa shape index (κ1) is 11.2. The van der Waals surface area contributed by atoms with Crippen LogP contribution >= 0.6 is 11.8 Å². The van der Waals surface area contributed by atoms with Gasteiger partial charge in [-0.2, -0.15) is 11.8 Å². The molecule has 0 spiro atoms. The van der Waals surface area contributed by atoms with Crippen LogP contribution in [0.25, 0.3) is 0 Å². The molecule has 0 N–H and O–H groups in total. The summed E-state index contributed by atoms with van der Waals surface area (Å²) in [6, 6.07) is 3.80. The van der Waals surface area contributed by atoms with Gasteiger partial charge in [-0.3, -0.25) is 4.79 Å². The van der Waals surface area contributed by atoms with E-state index in [1.807, 2.05) is 19.1 Å². The molecule has 4 heteroatoms. The summed E-state index contributed by atoms with van der Waals surface area (Å²) in [5, 5.41) is 0. The Morgan fingerprint density at radius 2 is 2.50 bits per heavy atom. The second kappa shape index (κ2) is 5.75. The highest BCUT2D eigenvalue weighted by Crippen LogP contribution is 2.14. The number of thioether (sulfide) groups is 1. The SMILES string of the molecule is CC(=O)O[C@H](C)CSCc1ccco1. The number of carbonyl (C=O) groups excluding carboxylic acids is 1. The molecule has 0 aliphatic rings. The van der Waals surface area contributed by atoms with Gasteiger partial charge in [-0.05, 0) is 19.1 Å². The van der Waals surface area contributed by atoms with E-state index in [1.165, 1.54) is 6.92 Å². The largest absolute Gasteiger partial charge is 0.468 e. The number of ether oxygens (including phenoxy) is 1. The molecule has 1 heterocycles. The molecule has 0 aliphatic heterocycles. The molecular formula is C10H14O3S. The maximum atomic E-state index is 10.6. The van der Waals surface area contributed by atoms with Gasteiger partial charge in [0.25, 0.3) is 0 Å². The van der Waals surface area contributed by atoms with E-state index < -0.39 is 0 Å². The van der Waals surface area contributed by atoms with Gasteiger partial charge in [0, 0.05) is 12.7 Å². The summed E-state index contributed by atoms with van der Waals surface area (Å²) in [6.45, 7) is 3.31. The molecule has 78 valence electrons. The maximum absolute atomic E-state index is 10.6. The van der Waals surface area contributed by atoms with Crippen LogP contribution in [0.3, 0.4) is 0 Å². The molecule has 1 aromatic heterocycles. The molecule has 0 fully saturated rings. The third kappa shape index (κ3) is 4.37. The molecule has 0 radical (unpaired) electrons. The fourth-order valence-electron chi connectivity index (χ4n) is 1.04. The molecule has 0 bridgehead atoms. The van der Waals surface area contributed by atoms with Gasteiger partial charge in [0.1, 0.15) is 11.9 Å². The number of carbonyl (C=O) groups is 1. The Morgan fingerprint density at radius 3 is 3.07 bits per heavy atom. The molecule has 0 saturated carbocycles. The fraction of sp³-hybridized carbons (Fsp3) is 0.500. The van der Waals surface area contributed by atoms with Gasteiger partial charge < -0.3 is 9.15 Å². The van der Waals surface area contributed by atoms with Gasteiger partial charge in [-0.15, -0.1) is 0 Å². The standard InChI is InChI=1S/C10H14O3S/c1-8(13-9(2)11)6-14-7-10-4-3-5-12-10/h3-5,8H,6-7H2,1-2H3/t8-/m1/s1. The Morgan fingerprint density at radius 1 is 1.71 bits per heavy atom. The van der Waals surface area contributed by atoms with Crippen LogP contribution in [-0.2, 0) is 15.3 Å². The van der Waals surface area contributed by atoms with E-state index in [9.17, 15) is 4.79 Å². The highest BCUT2D eigenvalue weighted by molar-refractivity contribution is 7.98. The van der Waals surface area contributed by atoms with Gasteiger partial charge in [0.15, 0.2) is 0 Å². The minimum atomic E-state index is -0.226. The third-order valence-electron chi connectivity index (χ3n) is 1.54. The van der Waals surface area contributed by atoms with Crippen LogP contribution in [-0.4, -0.2) is 17.8 Å². The smallest absolute Gasteiger partial charge is 0.302 e. The van der Waals surface area contributed by atoms with Gasteiger partial charge in [0.05, 0.1) is 12.0 Å². The Kier molecular flexibility index (Phi) is 4.59. The van der Waals surface area contributed by atoms with Gasteiger partial charge in [0.2, 0.25) is 0 Å². The van der Waals surface area contributed by atoms with Gasteiger partial charge >= 0.3 is 5.97 Å². The fourth-order valence-corrected chi connectivity index (χ4v) is 1.92. The van der Waals surface area contributed by atoms with Crippen molar-refractivity contribution in [1.82, 2.24) is 0 Å². The van der Waals surface area contributed by atoms with Crippen molar-refractivity contribution in [2.24, 2.45) is 0 Å². The normalized spacial score (nSPS) is 12.4. The summed E-state index contributed by atoms with van der Waals surface area (Å²) < 4.78 is 10.1. The molecule has 1 aromatic rings. The van der Waals surface area contributed by atoms with E-state index in [-0.39, 0.29) is 12.1 Å². The summed E-state index contributed by atoms with van der Waals surface area (Å²) in [6.07, 6.45) is 1.62. The van der Waals surface area contributed by atoms with E-state index in [2.05, 4.69) is 0 Å². The molecule has 0 aliphatic carbocycles. The zero-order chi connectivity index (χ0) is 10.4. The van der Waals surface area contributed by atoms with E-state index in [0.29, 0.717) is 0 Å². The predicted molar refractivity (Wildman–Crippen MR) is 56.1 cm³/mol. The van der Waals surface area contributed by atoms with Crippen molar-refractivity contribution in [3.8, 4) is 0 Å². The van der Waals surface area contributed by atoms with Crippen LogP contribution in [0.1, 0.15) is 19.6 Å². The van der Waals surface area contributed by atoms with Gasteiger partial charge in [-0.1, -0.05) is 0 Å². The number of hydrogen-bond acceptors (Lipinski definition) is 4. The topological polar surface area (TPSA) is 39.4 Å². The molecule has 0 unspecified atom stereocenters. The molecule has 1 atom stereocenters. The lowest BCUT2D eigenvalue weighted by Gasteiger charge is -2.10. The van der Waals surface area contributed by atoms with Crippen LogP contribution in [0.4, 0.5) is 0 Å². The highest BCUT2D eigenvalue weighted by Gasteiger charge is 2.05. The molecule has 0 aromatic carbocycles. The summed E-state index contributed by atoms with van der Waals surface area (Å²) in [5.74, 6) is 2.33. The van der Waals surface area contributed by atoms with Crippen molar-refractivity contribution in [1.29, 1.82) is 0 Å². The molecule has 3 nitrogen and oxygen atoms in total. The van der Waals surface area contributed by atoms with E-state index >= 15 is 0 Å². The maximum Gasteiger partial charge on any atom is 0.302 e. The average Bonchev–Trinajstić information content (AvgIpc) is 2.55. The second-order valence-electron chi connectivity index (χ2n) is 3.01. The van der Waals surface area contributed by atoms with E-state index in [1.54, 1.807) is 18.0 Å². The lowest BCUT2D eigenvalue weighted by atomic mass is 10.5. The Labute approximate surface area is 87.8 Å². The third-order valence-corrected chi connectivity index (χ3v) is 2.74. The minimum absolute atomic E-state index is 0.0348. The van der Waals surface area contributed by atoms with E-state index in [4.69, 9.17) is 9.15 Å². The summed E-state index contributed by atoms with van der Waals surface area (Å²) in [5.41, 5.74) is 0. The Bertz CT molecular complexity index is 269. The first-order chi connectivity index (χ1) is 6.68. The first-order valence-electron chi connectivity index (χ1n) is 4.46. The lowest BCUT2D eigenvalue weighted by molar-refractivity contribution is -0.144. The van der Waals surface area contributed by atoms with Crippen LogP contribution in [0.15, 0.2) is 22.8 Å². The second-order valence-corrected chi connectivity index (χ2v) is 4.04. The molecule has 0 amide bonds. The average molecular weight is 214 g/mol.